The standard InChI is InChI=1S/C32H62O2/c1-3-5-7-9-11-13-14-15-16-17-18-19-21-23-25-27-29-32(34)30-31(33)28-26-24-22-20-12-10-8-6-4-2/h3-30H2,1-2H3. The Morgan fingerprint density at radius 1 is 0.324 bits per heavy atom. The number of rotatable bonds is 29. The van der Waals surface area contributed by atoms with Crippen LogP contribution < -0.4 is 0 Å². The van der Waals surface area contributed by atoms with Crippen molar-refractivity contribution in [2.75, 3.05) is 0 Å². The molecule has 0 rings (SSSR count). The third-order valence-corrected chi connectivity index (χ3v) is 7.26. The molecule has 0 saturated carbocycles. The molecule has 0 aliphatic rings. The molecule has 2 nitrogen and oxygen atoms in total. The molecule has 202 valence electrons. The van der Waals surface area contributed by atoms with Crippen LogP contribution >= 0.6 is 0 Å². The zero-order valence-electron chi connectivity index (χ0n) is 23.6. The Morgan fingerprint density at radius 2 is 0.529 bits per heavy atom. The summed E-state index contributed by atoms with van der Waals surface area (Å²) < 4.78 is 0. The smallest absolute Gasteiger partial charge is 0.140 e. The van der Waals surface area contributed by atoms with Gasteiger partial charge in [-0.15, -0.1) is 0 Å². The first kappa shape index (κ1) is 33.3. The van der Waals surface area contributed by atoms with Crippen LogP contribution in [0.1, 0.15) is 194 Å². The average Bonchev–Trinajstić information content (AvgIpc) is 2.82. The molecule has 0 heterocycles. The number of carbonyl (C=O) groups excluding carboxylic acids is 2. The third-order valence-electron chi connectivity index (χ3n) is 7.26. The Kier molecular flexibility index (Phi) is 28.0. The maximum Gasteiger partial charge on any atom is 0.140 e. The summed E-state index contributed by atoms with van der Waals surface area (Å²) in [5.41, 5.74) is 0. The van der Waals surface area contributed by atoms with Crippen LogP contribution in [-0.4, -0.2) is 11.6 Å². The van der Waals surface area contributed by atoms with Gasteiger partial charge in [0.2, 0.25) is 0 Å². The Hall–Kier alpha value is -0.660. The van der Waals surface area contributed by atoms with Crippen molar-refractivity contribution in [3.63, 3.8) is 0 Å². The number of Topliss-reactive ketones (excluding diaryl/α,β-unsaturated/α-hetero) is 2. The summed E-state index contributed by atoms with van der Waals surface area (Å²) in [5, 5.41) is 0. The zero-order valence-corrected chi connectivity index (χ0v) is 23.6. The highest BCUT2D eigenvalue weighted by atomic mass is 16.1. The van der Waals surface area contributed by atoms with Crippen LogP contribution in [0.15, 0.2) is 0 Å². The maximum atomic E-state index is 12.0. The van der Waals surface area contributed by atoms with E-state index in [1.54, 1.807) is 0 Å². The number of hydrogen-bond acceptors (Lipinski definition) is 2. The van der Waals surface area contributed by atoms with Crippen LogP contribution in [0.3, 0.4) is 0 Å². The van der Waals surface area contributed by atoms with Crippen molar-refractivity contribution in [1.29, 1.82) is 0 Å². The Labute approximate surface area is 214 Å². The molecule has 0 aliphatic heterocycles. The quantitative estimate of drug-likeness (QED) is 0.0791. The van der Waals surface area contributed by atoms with Gasteiger partial charge in [0, 0.05) is 12.8 Å². The molecular formula is C32H62O2. The van der Waals surface area contributed by atoms with Crippen molar-refractivity contribution in [1.82, 2.24) is 0 Å². The van der Waals surface area contributed by atoms with E-state index in [1.807, 2.05) is 0 Å². The van der Waals surface area contributed by atoms with Gasteiger partial charge in [-0.2, -0.15) is 0 Å². The van der Waals surface area contributed by atoms with Gasteiger partial charge in [0.25, 0.3) is 0 Å². The van der Waals surface area contributed by atoms with Gasteiger partial charge < -0.3 is 0 Å². The Balaban J connectivity index is 3.27. The molecule has 0 fully saturated rings. The molecule has 2 heteroatoms. The van der Waals surface area contributed by atoms with Gasteiger partial charge in [-0.1, -0.05) is 162 Å². The second kappa shape index (κ2) is 28.6. The molecule has 0 aromatic carbocycles. The number of unbranched alkanes of at least 4 members (excludes halogenated alkanes) is 23. The topological polar surface area (TPSA) is 34.1 Å². The summed E-state index contributed by atoms with van der Waals surface area (Å²) in [6, 6.07) is 0. The zero-order chi connectivity index (χ0) is 25.0. The van der Waals surface area contributed by atoms with E-state index in [4.69, 9.17) is 0 Å². The first-order valence-corrected chi connectivity index (χ1v) is 15.7. The molecule has 0 N–H and O–H groups in total. The average molecular weight is 479 g/mol. The molecule has 0 atom stereocenters. The summed E-state index contributed by atoms with van der Waals surface area (Å²) in [7, 11) is 0. The van der Waals surface area contributed by atoms with Crippen molar-refractivity contribution in [2.24, 2.45) is 0 Å². The van der Waals surface area contributed by atoms with Gasteiger partial charge in [0.05, 0.1) is 6.42 Å². The molecule has 0 aromatic heterocycles. The lowest BCUT2D eigenvalue weighted by molar-refractivity contribution is -0.127. The largest absolute Gasteiger partial charge is 0.299 e. The molecule has 0 bridgehead atoms. The van der Waals surface area contributed by atoms with Crippen LogP contribution in [-0.2, 0) is 9.59 Å². The van der Waals surface area contributed by atoms with E-state index in [2.05, 4.69) is 13.8 Å². The van der Waals surface area contributed by atoms with Gasteiger partial charge in [-0.25, -0.2) is 0 Å². The van der Waals surface area contributed by atoms with Crippen LogP contribution in [0.25, 0.3) is 0 Å². The molecular weight excluding hydrogens is 416 g/mol. The van der Waals surface area contributed by atoms with Crippen molar-refractivity contribution in [3.8, 4) is 0 Å². The first-order chi connectivity index (χ1) is 16.7. The lowest BCUT2D eigenvalue weighted by Gasteiger charge is -2.04. The molecule has 0 aliphatic carbocycles. The third kappa shape index (κ3) is 27.6. The van der Waals surface area contributed by atoms with Gasteiger partial charge in [-0.05, 0) is 12.8 Å². The summed E-state index contributed by atoms with van der Waals surface area (Å²) in [5.74, 6) is 0.343. The van der Waals surface area contributed by atoms with E-state index < -0.39 is 0 Å². The maximum absolute atomic E-state index is 12.0. The predicted molar refractivity (Wildman–Crippen MR) is 151 cm³/mol. The van der Waals surface area contributed by atoms with Crippen LogP contribution in [0, 0.1) is 0 Å². The highest BCUT2D eigenvalue weighted by Gasteiger charge is 2.09. The summed E-state index contributed by atoms with van der Waals surface area (Å²) in [6.07, 6.45) is 34.4. The number of hydrogen-bond donors (Lipinski definition) is 0. The second-order valence-corrected chi connectivity index (χ2v) is 10.9. The van der Waals surface area contributed by atoms with Gasteiger partial charge in [0.1, 0.15) is 11.6 Å². The van der Waals surface area contributed by atoms with E-state index >= 15 is 0 Å². The van der Waals surface area contributed by atoms with Crippen LogP contribution in [0.5, 0.6) is 0 Å². The monoisotopic (exact) mass is 478 g/mol. The fourth-order valence-electron chi connectivity index (χ4n) is 4.90. The lowest BCUT2D eigenvalue weighted by atomic mass is 10.0. The molecule has 0 amide bonds. The van der Waals surface area contributed by atoms with Gasteiger partial charge in [-0.3, -0.25) is 9.59 Å². The van der Waals surface area contributed by atoms with Gasteiger partial charge in [0.15, 0.2) is 0 Å². The van der Waals surface area contributed by atoms with Crippen LogP contribution in [0.2, 0.25) is 0 Å². The Morgan fingerprint density at radius 3 is 0.765 bits per heavy atom. The highest BCUT2D eigenvalue weighted by molar-refractivity contribution is 5.98. The minimum absolute atomic E-state index is 0.171. The molecule has 0 saturated heterocycles. The predicted octanol–water partition coefficient (Wildman–Crippen LogP) is 11.1. The first-order valence-electron chi connectivity index (χ1n) is 15.7. The molecule has 34 heavy (non-hydrogen) atoms. The fourth-order valence-corrected chi connectivity index (χ4v) is 4.90. The summed E-state index contributed by atoms with van der Waals surface area (Å²) in [4.78, 5) is 24.1. The van der Waals surface area contributed by atoms with Crippen molar-refractivity contribution < 1.29 is 9.59 Å². The summed E-state index contributed by atoms with van der Waals surface area (Å²) >= 11 is 0. The lowest BCUT2D eigenvalue weighted by Crippen LogP contribution is -2.07. The Bertz CT molecular complexity index is 429. The second-order valence-electron chi connectivity index (χ2n) is 10.9. The molecule has 0 radical (unpaired) electrons. The van der Waals surface area contributed by atoms with E-state index in [1.165, 1.54) is 135 Å². The minimum atomic E-state index is 0.171. The molecule has 0 aromatic rings. The SMILES string of the molecule is CCCCCCCCCCCCCCCCCCC(=O)CC(=O)CCCCCCCCCCC. The van der Waals surface area contributed by atoms with E-state index in [0.29, 0.717) is 12.8 Å². The van der Waals surface area contributed by atoms with E-state index in [-0.39, 0.29) is 18.0 Å². The molecule has 0 unspecified atom stereocenters. The van der Waals surface area contributed by atoms with Crippen molar-refractivity contribution in [2.45, 2.75) is 194 Å². The fraction of sp³-hybridized carbons (Fsp3) is 0.938. The van der Waals surface area contributed by atoms with Crippen molar-refractivity contribution >= 4 is 11.6 Å². The number of ketones is 2. The van der Waals surface area contributed by atoms with E-state index in [0.717, 1.165) is 25.7 Å². The highest BCUT2D eigenvalue weighted by Crippen LogP contribution is 2.15. The minimum Gasteiger partial charge on any atom is -0.299 e. The van der Waals surface area contributed by atoms with Crippen LogP contribution in [0.4, 0.5) is 0 Å². The normalized spacial score (nSPS) is 11.2. The van der Waals surface area contributed by atoms with E-state index in [9.17, 15) is 9.59 Å². The number of carbonyl (C=O) groups is 2. The summed E-state index contributed by atoms with van der Waals surface area (Å²) in [6.45, 7) is 4.54. The van der Waals surface area contributed by atoms with Gasteiger partial charge >= 0.3 is 0 Å². The van der Waals surface area contributed by atoms with Crippen molar-refractivity contribution in [3.05, 3.63) is 0 Å². The molecule has 0 spiro atoms.